The van der Waals surface area contributed by atoms with Gasteiger partial charge in [0.2, 0.25) is 0 Å². The largest absolute Gasteiger partial charge is 0.360 e. The Morgan fingerprint density at radius 1 is 0.889 bits per heavy atom. The molecule has 0 aromatic heterocycles. The summed E-state index contributed by atoms with van der Waals surface area (Å²) in [5.74, 6) is 0.00438. The highest BCUT2D eigenvalue weighted by atomic mass is 28.2. The average molecular weight is 273 g/mol. The van der Waals surface area contributed by atoms with Crippen LogP contribution in [0, 0.1) is 0 Å². The van der Waals surface area contributed by atoms with E-state index in [0.717, 1.165) is 9.52 Å². The smallest absolute Gasteiger partial charge is 0.136 e. The fourth-order valence-electron chi connectivity index (χ4n) is 1.88. The molecule has 0 aliphatic rings. The van der Waals surface area contributed by atoms with E-state index in [2.05, 4.69) is 18.7 Å². The van der Waals surface area contributed by atoms with E-state index in [1.807, 2.05) is 0 Å². The lowest BCUT2D eigenvalue weighted by molar-refractivity contribution is -0.0441. The Bertz CT molecular complexity index is 158. The van der Waals surface area contributed by atoms with Crippen LogP contribution < -0.4 is 0 Å². The Labute approximate surface area is 116 Å². The Balaban J connectivity index is 3.66. The van der Waals surface area contributed by atoms with Crippen LogP contribution in [0.2, 0.25) is 6.04 Å². The second kappa shape index (κ2) is 13.5. The first kappa shape index (κ1) is 18.1. The number of methoxy groups -OCH3 is 2. The summed E-state index contributed by atoms with van der Waals surface area (Å²) >= 11 is 0. The topological polar surface area (TPSA) is 21.7 Å². The third-order valence-corrected chi connectivity index (χ3v) is 4.49. The van der Waals surface area contributed by atoms with E-state index in [1.165, 1.54) is 57.8 Å². The molecule has 0 atom stereocenters. The molecule has 18 heavy (non-hydrogen) atoms. The van der Waals surface area contributed by atoms with Crippen LogP contribution in [0.15, 0.2) is 0 Å². The van der Waals surface area contributed by atoms with E-state index >= 15 is 0 Å². The molecular weight excluding hydrogens is 242 g/mol. The van der Waals surface area contributed by atoms with Gasteiger partial charge in [-0.3, -0.25) is 0 Å². The fourth-order valence-corrected chi connectivity index (χ4v) is 2.82. The second-order valence-corrected chi connectivity index (χ2v) is 6.04. The highest BCUT2D eigenvalue weighted by Gasteiger charge is 2.07. The van der Waals surface area contributed by atoms with Crippen LogP contribution in [-0.4, -0.2) is 54.2 Å². The molecule has 4 heteroatoms. The van der Waals surface area contributed by atoms with Gasteiger partial charge in [0.05, 0.1) is 0 Å². The molecule has 0 bridgehead atoms. The monoisotopic (exact) mass is 273 g/mol. The first-order valence-corrected chi connectivity index (χ1v) is 8.58. The summed E-state index contributed by atoms with van der Waals surface area (Å²) in [6, 6.07) is 1.21. The van der Waals surface area contributed by atoms with Crippen molar-refractivity contribution in [3.63, 3.8) is 0 Å². The quantitative estimate of drug-likeness (QED) is 0.292. The van der Waals surface area contributed by atoms with Crippen molar-refractivity contribution in [2.24, 2.45) is 0 Å². The van der Waals surface area contributed by atoms with E-state index in [4.69, 9.17) is 9.47 Å². The lowest BCUT2D eigenvalue weighted by Gasteiger charge is -2.22. The van der Waals surface area contributed by atoms with Crippen molar-refractivity contribution < 1.29 is 9.47 Å². The predicted octanol–water partition coefficient (Wildman–Crippen LogP) is 2.98. The molecule has 0 amide bonds. The molecule has 0 aromatic rings. The summed E-state index contributed by atoms with van der Waals surface area (Å²) in [7, 11) is 4.19. The third-order valence-electron chi connectivity index (χ3n) is 3.05. The Kier molecular flexibility index (Phi) is 13.6. The molecule has 108 valence electrons. The van der Waals surface area contributed by atoms with Crippen LogP contribution >= 0.6 is 0 Å². The highest BCUT2D eigenvalue weighted by molar-refractivity contribution is 6.36. The molecule has 0 spiro atoms. The van der Waals surface area contributed by atoms with E-state index in [-0.39, 0.29) is 5.91 Å². The zero-order valence-corrected chi connectivity index (χ0v) is 13.7. The molecule has 0 N–H and O–H groups in total. The van der Waals surface area contributed by atoms with E-state index in [9.17, 15) is 0 Å². The van der Waals surface area contributed by atoms with Crippen LogP contribution in [0.25, 0.3) is 0 Å². The second-order valence-electron chi connectivity index (χ2n) is 4.66. The Morgan fingerprint density at radius 2 is 1.39 bits per heavy atom. The minimum atomic E-state index is 0.00438. The van der Waals surface area contributed by atoms with E-state index in [0.29, 0.717) is 0 Å². The van der Waals surface area contributed by atoms with Gasteiger partial charge in [0.1, 0.15) is 15.4 Å². The van der Waals surface area contributed by atoms with Crippen LogP contribution in [0.1, 0.15) is 46.0 Å². The van der Waals surface area contributed by atoms with Gasteiger partial charge in [-0.1, -0.05) is 32.7 Å². The number of unbranched alkanes of at least 4 members (excludes halogenated alkanes) is 2. The Hall–Kier alpha value is 0.0969. The minimum Gasteiger partial charge on any atom is -0.360 e. The van der Waals surface area contributed by atoms with Gasteiger partial charge in [-0.2, -0.15) is 0 Å². The van der Waals surface area contributed by atoms with Gasteiger partial charge in [0, 0.05) is 14.2 Å². The maximum atomic E-state index is 5.21. The summed E-state index contributed by atoms with van der Waals surface area (Å²) in [5.41, 5.74) is 0. The zero-order chi connectivity index (χ0) is 13.6. The van der Waals surface area contributed by atoms with Gasteiger partial charge >= 0.3 is 0 Å². The molecule has 0 aliphatic heterocycles. The SMILES string of the molecule is CCCCN(CCCC)CCC[Si]C(OC)OC. The highest BCUT2D eigenvalue weighted by Crippen LogP contribution is 2.03. The van der Waals surface area contributed by atoms with E-state index < -0.39 is 0 Å². The molecule has 0 fully saturated rings. The van der Waals surface area contributed by atoms with Gasteiger partial charge in [-0.05, 0) is 38.9 Å². The minimum absolute atomic E-state index is 0.00438. The van der Waals surface area contributed by atoms with Crippen molar-refractivity contribution in [3.8, 4) is 0 Å². The standard InChI is InChI=1S/C14H31NO2Si/c1-5-7-10-15(11-8-6-2)12-9-13-18-14(16-3)17-4/h14H,5-13H2,1-4H3. The van der Waals surface area contributed by atoms with Gasteiger partial charge < -0.3 is 14.4 Å². The summed E-state index contributed by atoms with van der Waals surface area (Å²) in [6.45, 7) is 8.28. The third kappa shape index (κ3) is 10.1. The number of hydrogen-bond acceptors (Lipinski definition) is 3. The summed E-state index contributed by atoms with van der Waals surface area (Å²) in [6.07, 6.45) is 6.49. The molecule has 0 saturated carbocycles. The maximum absolute atomic E-state index is 5.21. The molecule has 0 heterocycles. The Morgan fingerprint density at radius 3 is 1.83 bits per heavy atom. The van der Waals surface area contributed by atoms with Gasteiger partial charge in [-0.25, -0.2) is 0 Å². The molecule has 2 radical (unpaired) electrons. The number of hydrogen-bond donors (Lipinski definition) is 0. The summed E-state index contributed by atoms with van der Waals surface area (Å²) in [4.78, 5) is 2.62. The number of rotatable bonds is 13. The fraction of sp³-hybridized carbons (Fsp3) is 1.00. The molecule has 0 unspecified atom stereocenters. The van der Waals surface area contributed by atoms with Crippen molar-refractivity contribution in [3.05, 3.63) is 0 Å². The molecule has 0 aromatic carbocycles. The predicted molar refractivity (Wildman–Crippen MR) is 79.2 cm³/mol. The first-order chi connectivity index (χ1) is 8.78. The van der Waals surface area contributed by atoms with Crippen LogP contribution in [0.4, 0.5) is 0 Å². The van der Waals surface area contributed by atoms with Crippen molar-refractivity contribution in [2.75, 3.05) is 33.9 Å². The normalized spacial score (nSPS) is 11.7. The van der Waals surface area contributed by atoms with E-state index in [1.54, 1.807) is 14.2 Å². The average Bonchev–Trinajstić information content (AvgIpc) is 2.41. The van der Waals surface area contributed by atoms with Gasteiger partial charge in [0.25, 0.3) is 0 Å². The lowest BCUT2D eigenvalue weighted by Crippen LogP contribution is -2.28. The molecule has 0 rings (SSSR count). The summed E-state index contributed by atoms with van der Waals surface area (Å²) < 4.78 is 10.4. The van der Waals surface area contributed by atoms with Crippen molar-refractivity contribution >= 4 is 9.52 Å². The van der Waals surface area contributed by atoms with Crippen LogP contribution in [-0.2, 0) is 9.47 Å². The first-order valence-electron chi connectivity index (χ1n) is 7.29. The van der Waals surface area contributed by atoms with Gasteiger partial charge in [0.15, 0.2) is 0 Å². The molecular formula is C14H31NO2Si. The molecule has 3 nitrogen and oxygen atoms in total. The zero-order valence-electron chi connectivity index (χ0n) is 12.7. The lowest BCUT2D eigenvalue weighted by atomic mass is 10.2. The maximum Gasteiger partial charge on any atom is 0.136 e. The number of nitrogens with zero attached hydrogens (tertiary/aromatic N) is 1. The molecule has 0 aliphatic carbocycles. The van der Waals surface area contributed by atoms with Crippen LogP contribution in [0.3, 0.4) is 0 Å². The summed E-state index contributed by atoms with van der Waals surface area (Å²) in [5, 5.41) is 0. The van der Waals surface area contributed by atoms with Crippen molar-refractivity contribution in [1.29, 1.82) is 0 Å². The van der Waals surface area contributed by atoms with Gasteiger partial charge in [-0.15, -0.1) is 0 Å². The van der Waals surface area contributed by atoms with Crippen LogP contribution in [0.5, 0.6) is 0 Å². The van der Waals surface area contributed by atoms with Crippen molar-refractivity contribution in [2.45, 2.75) is 57.9 Å². The van der Waals surface area contributed by atoms with Crippen molar-refractivity contribution in [1.82, 2.24) is 4.90 Å². The number of ether oxygens (including phenoxy) is 2. The molecule has 0 saturated heterocycles.